The molecule has 0 aliphatic rings. The molecule has 24 heavy (non-hydrogen) atoms. The van der Waals surface area contributed by atoms with Crippen LogP contribution in [0.3, 0.4) is 0 Å². The zero-order valence-electron chi connectivity index (χ0n) is 14.0. The molecule has 0 radical (unpaired) electrons. The zero-order chi connectivity index (χ0) is 18.4. The van der Waals surface area contributed by atoms with Gasteiger partial charge < -0.3 is 4.74 Å². The second kappa shape index (κ2) is 9.12. The van der Waals surface area contributed by atoms with Crippen LogP contribution in [0.25, 0.3) is 0 Å². The molecule has 1 N–H and O–H groups in total. The fraction of sp³-hybridized carbons (Fsp3) is 0.571. The van der Waals surface area contributed by atoms with Crippen molar-refractivity contribution in [2.45, 2.75) is 18.2 Å². The van der Waals surface area contributed by atoms with Crippen LogP contribution in [0.2, 0.25) is 5.02 Å². The topological polar surface area (TPSA) is 92.8 Å². The number of hydrogen-bond donors (Lipinski definition) is 1. The van der Waals surface area contributed by atoms with Crippen molar-refractivity contribution in [3.05, 3.63) is 28.8 Å². The molecule has 0 atom stereocenters. The van der Waals surface area contributed by atoms with Crippen molar-refractivity contribution in [3.63, 3.8) is 0 Å². The van der Waals surface area contributed by atoms with E-state index in [1.165, 1.54) is 29.6 Å². The third-order valence-corrected chi connectivity index (χ3v) is 6.50. The molecule has 0 heterocycles. The van der Waals surface area contributed by atoms with Crippen molar-refractivity contribution in [1.82, 2.24) is 9.03 Å². The van der Waals surface area contributed by atoms with E-state index >= 15 is 0 Å². The average Bonchev–Trinajstić information content (AvgIpc) is 2.47. The normalized spacial score (nSPS) is 12.7. The Kier molecular flexibility index (Phi) is 8.10. The van der Waals surface area contributed by atoms with Crippen LogP contribution >= 0.6 is 11.6 Å². The number of nitrogens with one attached hydrogen (secondary N) is 1. The van der Waals surface area contributed by atoms with E-state index in [4.69, 9.17) is 16.3 Å². The van der Waals surface area contributed by atoms with Crippen molar-refractivity contribution >= 4 is 31.6 Å². The summed E-state index contributed by atoms with van der Waals surface area (Å²) in [6.45, 7) is 2.44. The molecule has 0 aliphatic heterocycles. The molecule has 0 spiro atoms. The van der Waals surface area contributed by atoms with Crippen LogP contribution in [0.5, 0.6) is 0 Å². The van der Waals surface area contributed by atoms with E-state index < -0.39 is 20.0 Å². The Morgan fingerprint density at radius 3 is 2.42 bits per heavy atom. The van der Waals surface area contributed by atoms with Gasteiger partial charge in [0.1, 0.15) is 0 Å². The van der Waals surface area contributed by atoms with Gasteiger partial charge in [-0.25, -0.2) is 25.9 Å². The number of sulfonamides is 2. The third-order valence-electron chi connectivity index (χ3n) is 3.32. The minimum atomic E-state index is -3.72. The number of hydrogen-bond acceptors (Lipinski definition) is 5. The van der Waals surface area contributed by atoms with Crippen molar-refractivity contribution in [1.29, 1.82) is 0 Å². The molecule has 0 aromatic heterocycles. The molecule has 0 unspecified atom stereocenters. The van der Waals surface area contributed by atoms with Gasteiger partial charge >= 0.3 is 0 Å². The largest absolute Gasteiger partial charge is 0.385 e. The SMILES string of the molecule is COCCCN(CCNS(=O)(=O)c1ccc(Cl)c(C)c1)S(C)(=O)=O. The fourth-order valence-electron chi connectivity index (χ4n) is 2.00. The Balaban J connectivity index is 2.70. The fourth-order valence-corrected chi connectivity index (χ4v) is 4.11. The van der Waals surface area contributed by atoms with Crippen LogP contribution in [0.1, 0.15) is 12.0 Å². The molecule has 1 rings (SSSR count). The first kappa shape index (κ1) is 21.3. The van der Waals surface area contributed by atoms with E-state index in [-0.39, 0.29) is 24.5 Å². The molecular weight excluding hydrogens is 376 g/mol. The lowest BCUT2D eigenvalue weighted by Crippen LogP contribution is -2.38. The van der Waals surface area contributed by atoms with Gasteiger partial charge in [-0.05, 0) is 37.1 Å². The van der Waals surface area contributed by atoms with Crippen LogP contribution in [0.15, 0.2) is 23.1 Å². The van der Waals surface area contributed by atoms with Crippen molar-refractivity contribution in [3.8, 4) is 0 Å². The molecule has 0 amide bonds. The van der Waals surface area contributed by atoms with E-state index in [9.17, 15) is 16.8 Å². The zero-order valence-corrected chi connectivity index (χ0v) is 16.3. The van der Waals surface area contributed by atoms with Gasteiger partial charge in [0, 0.05) is 38.4 Å². The highest BCUT2D eigenvalue weighted by Crippen LogP contribution is 2.19. The summed E-state index contributed by atoms with van der Waals surface area (Å²) in [7, 11) is -5.60. The quantitative estimate of drug-likeness (QED) is 0.598. The molecule has 7 nitrogen and oxygen atoms in total. The Morgan fingerprint density at radius 1 is 1.21 bits per heavy atom. The predicted molar refractivity (Wildman–Crippen MR) is 94.3 cm³/mol. The van der Waals surface area contributed by atoms with E-state index in [2.05, 4.69) is 4.72 Å². The monoisotopic (exact) mass is 398 g/mol. The first-order valence-corrected chi connectivity index (χ1v) is 11.0. The van der Waals surface area contributed by atoms with Gasteiger partial charge in [-0.2, -0.15) is 0 Å². The van der Waals surface area contributed by atoms with Crippen molar-refractivity contribution in [2.75, 3.05) is 39.6 Å². The number of ether oxygens (including phenoxy) is 1. The summed E-state index contributed by atoms with van der Waals surface area (Å²) < 4.78 is 56.5. The Bertz CT molecular complexity index is 750. The summed E-state index contributed by atoms with van der Waals surface area (Å²) in [6, 6.07) is 4.39. The van der Waals surface area contributed by atoms with Gasteiger partial charge in [0.15, 0.2) is 0 Å². The Morgan fingerprint density at radius 2 is 1.88 bits per heavy atom. The maximum Gasteiger partial charge on any atom is 0.240 e. The first-order chi connectivity index (χ1) is 11.1. The summed E-state index contributed by atoms with van der Waals surface area (Å²) >= 11 is 5.89. The van der Waals surface area contributed by atoms with Crippen LogP contribution in [-0.2, 0) is 24.8 Å². The minimum Gasteiger partial charge on any atom is -0.385 e. The summed E-state index contributed by atoms with van der Waals surface area (Å²) in [5.74, 6) is 0. The van der Waals surface area contributed by atoms with Crippen LogP contribution in [0, 0.1) is 6.92 Å². The van der Waals surface area contributed by atoms with Gasteiger partial charge in [0.25, 0.3) is 0 Å². The number of halogens is 1. The van der Waals surface area contributed by atoms with Crippen molar-refractivity contribution in [2.24, 2.45) is 0 Å². The average molecular weight is 399 g/mol. The minimum absolute atomic E-state index is 0.0238. The summed E-state index contributed by atoms with van der Waals surface area (Å²) in [4.78, 5) is 0.0923. The molecule has 0 saturated heterocycles. The lowest BCUT2D eigenvalue weighted by molar-refractivity contribution is 0.187. The number of nitrogens with zero attached hydrogens (tertiary/aromatic N) is 1. The molecule has 0 saturated carbocycles. The van der Waals surface area contributed by atoms with E-state index in [0.717, 1.165) is 6.26 Å². The summed E-state index contributed by atoms with van der Waals surface area (Å²) in [6.07, 6.45) is 1.63. The highest BCUT2D eigenvalue weighted by molar-refractivity contribution is 7.89. The summed E-state index contributed by atoms with van der Waals surface area (Å²) in [5.41, 5.74) is 0.650. The lowest BCUT2D eigenvalue weighted by atomic mass is 10.2. The molecule has 1 aromatic rings. The third kappa shape index (κ3) is 6.66. The summed E-state index contributed by atoms with van der Waals surface area (Å²) in [5, 5.41) is 0.482. The highest BCUT2D eigenvalue weighted by atomic mass is 35.5. The molecule has 1 aromatic carbocycles. The maximum absolute atomic E-state index is 12.2. The highest BCUT2D eigenvalue weighted by Gasteiger charge is 2.19. The van der Waals surface area contributed by atoms with Gasteiger partial charge in [0.2, 0.25) is 20.0 Å². The van der Waals surface area contributed by atoms with Gasteiger partial charge in [0.05, 0.1) is 11.2 Å². The van der Waals surface area contributed by atoms with Crippen LogP contribution < -0.4 is 4.72 Å². The smallest absolute Gasteiger partial charge is 0.240 e. The molecular formula is C14H23ClN2O5S2. The van der Waals surface area contributed by atoms with E-state index in [1.54, 1.807) is 6.92 Å². The number of rotatable bonds is 10. The Labute approximate surface area is 149 Å². The number of benzene rings is 1. The number of methoxy groups -OCH3 is 1. The van der Waals surface area contributed by atoms with Gasteiger partial charge in [-0.3, -0.25) is 0 Å². The van der Waals surface area contributed by atoms with Crippen molar-refractivity contribution < 1.29 is 21.6 Å². The Hall–Kier alpha value is -0.710. The maximum atomic E-state index is 12.2. The molecule has 138 valence electrons. The predicted octanol–water partition coefficient (Wildman–Crippen LogP) is 1.22. The second-order valence-corrected chi connectivity index (χ2v) is 9.47. The standard InChI is InChI=1S/C14H23ClN2O5S2/c1-12-11-13(5-6-14(12)15)24(20,21)16-7-9-17(23(3,18)19)8-4-10-22-2/h5-6,11,16H,4,7-10H2,1-3H3. The van der Waals surface area contributed by atoms with Crippen LogP contribution in [-0.4, -0.2) is 60.7 Å². The molecule has 10 heteroatoms. The lowest BCUT2D eigenvalue weighted by Gasteiger charge is -2.20. The molecule has 0 aliphatic carbocycles. The number of aryl methyl sites for hydroxylation is 1. The van der Waals surface area contributed by atoms with Crippen LogP contribution in [0.4, 0.5) is 0 Å². The van der Waals surface area contributed by atoms with E-state index in [0.29, 0.717) is 23.6 Å². The van der Waals surface area contributed by atoms with E-state index in [1.807, 2.05) is 0 Å². The van der Waals surface area contributed by atoms with Gasteiger partial charge in [-0.1, -0.05) is 11.6 Å². The second-order valence-electron chi connectivity index (χ2n) is 5.32. The first-order valence-electron chi connectivity index (χ1n) is 7.28. The van der Waals surface area contributed by atoms with Gasteiger partial charge in [-0.15, -0.1) is 0 Å². The molecule has 0 fully saturated rings. The molecule has 0 bridgehead atoms.